The van der Waals surface area contributed by atoms with Gasteiger partial charge in [0.1, 0.15) is 0 Å². The molecule has 0 aromatic heterocycles. The van der Waals surface area contributed by atoms with Gasteiger partial charge in [-0.2, -0.15) is 0 Å². The fourth-order valence-electron chi connectivity index (χ4n) is 1.62. The van der Waals surface area contributed by atoms with Gasteiger partial charge < -0.3 is 9.47 Å². The van der Waals surface area contributed by atoms with Gasteiger partial charge in [-0.15, -0.1) is 11.6 Å². The molecule has 0 spiro atoms. The van der Waals surface area contributed by atoms with Crippen molar-refractivity contribution in [2.75, 3.05) is 13.2 Å². The van der Waals surface area contributed by atoms with Crippen LogP contribution in [0.4, 0.5) is 0 Å². The minimum absolute atomic E-state index is 0.0995. The predicted molar refractivity (Wildman–Crippen MR) is 72.5 cm³/mol. The average Bonchev–Trinajstić information content (AvgIpc) is 2.31. The molecular weight excluding hydrogens is 236 g/mol. The highest BCUT2D eigenvalue weighted by Gasteiger charge is 2.14. The maximum atomic E-state index is 6.12. The summed E-state index contributed by atoms with van der Waals surface area (Å²) in [6.45, 7) is 9.32. The molecule has 0 amide bonds. The summed E-state index contributed by atoms with van der Waals surface area (Å²) in [6, 6.07) is 6.04. The third-order valence-electron chi connectivity index (χ3n) is 2.78. The first-order valence-corrected chi connectivity index (χ1v) is 6.57. The van der Waals surface area contributed by atoms with Crippen LogP contribution in [0.1, 0.15) is 39.2 Å². The first kappa shape index (κ1) is 14.2. The highest BCUT2D eigenvalue weighted by molar-refractivity contribution is 6.20. The minimum atomic E-state index is 0.0995. The summed E-state index contributed by atoms with van der Waals surface area (Å²) in [4.78, 5) is 0. The first-order valence-electron chi connectivity index (χ1n) is 6.13. The first-order chi connectivity index (χ1) is 8.10. The number of ether oxygens (including phenoxy) is 2. The number of halogens is 1. The van der Waals surface area contributed by atoms with Crippen molar-refractivity contribution in [1.82, 2.24) is 0 Å². The Hall–Kier alpha value is -0.890. The summed E-state index contributed by atoms with van der Waals surface area (Å²) in [5.41, 5.74) is 1.18. The van der Waals surface area contributed by atoms with Gasteiger partial charge in [-0.05, 0) is 44.4 Å². The van der Waals surface area contributed by atoms with Gasteiger partial charge in [0.15, 0.2) is 11.5 Å². The topological polar surface area (TPSA) is 18.5 Å². The van der Waals surface area contributed by atoms with Gasteiger partial charge in [-0.1, -0.05) is 13.0 Å². The van der Waals surface area contributed by atoms with Crippen molar-refractivity contribution in [2.24, 2.45) is 0 Å². The summed E-state index contributed by atoms with van der Waals surface area (Å²) < 4.78 is 11.1. The zero-order valence-electron chi connectivity index (χ0n) is 11.0. The maximum Gasteiger partial charge on any atom is 0.161 e. The average molecular weight is 257 g/mol. The van der Waals surface area contributed by atoms with Crippen molar-refractivity contribution in [3.8, 4) is 11.5 Å². The lowest BCUT2D eigenvalue weighted by Gasteiger charge is -2.17. The predicted octanol–water partition coefficient (Wildman–Crippen LogP) is 4.21. The van der Waals surface area contributed by atoms with Crippen LogP contribution in [0.15, 0.2) is 18.2 Å². The fraction of sp³-hybridized carbons (Fsp3) is 0.571. The molecule has 2 unspecified atom stereocenters. The molecule has 2 atom stereocenters. The van der Waals surface area contributed by atoms with E-state index >= 15 is 0 Å². The van der Waals surface area contributed by atoms with Gasteiger partial charge >= 0.3 is 0 Å². The lowest BCUT2D eigenvalue weighted by atomic mass is 9.98. The number of hydrogen-bond donors (Lipinski definition) is 0. The van der Waals surface area contributed by atoms with Crippen LogP contribution in [-0.4, -0.2) is 18.6 Å². The van der Waals surface area contributed by atoms with Crippen LogP contribution in [-0.2, 0) is 0 Å². The molecule has 96 valence electrons. The molecule has 1 aromatic carbocycles. The molecule has 17 heavy (non-hydrogen) atoms. The van der Waals surface area contributed by atoms with Crippen LogP contribution in [0.3, 0.4) is 0 Å². The van der Waals surface area contributed by atoms with E-state index in [9.17, 15) is 0 Å². The van der Waals surface area contributed by atoms with Crippen molar-refractivity contribution >= 4 is 11.6 Å². The molecule has 1 rings (SSSR count). The van der Waals surface area contributed by atoms with Crippen molar-refractivity contribution in [3.63, 3.8) is 0 Å². The van der Waals surface area contributed by atoms with Crippen molar-refractivity contribution in [2.45, 2.75) is 39.0 Å². The van der Waals surface area contributed by atoms with Crippen LogP contribution in [0.25, 0.3) is 0 Å². The lowest BCUT2D eigenvalue weighted by molar-refractivity contribution is 0.287. The smallest absolute Gasteiger partial charge is 0.161 e. The van der Waals surface area contributed by atoms with E-state index in [1.807, 2.05) is 32.9 Å². The summed E-state index contributed by atoms with van der Waals surface area (Å²) in [6.07, 6.45) is 0. The van der Waals surface area contributed by atoms with Gasteiger partial charge in [0.05, 0.1) is 13.2 Å². The van der Waals surface area contributed by atoms with Crippen LogP contribution in [0.2, 0.25) is 0 Å². The molecule has 0 bridgehead atoms. The molecule has 0 aliphatic rings. The van der Waals surface area contributed by atoms with Gasteiger partial charge in [0.2, 0.25) is 0 Å². The number of rotatable bonds is 6. The molecule has 0 saturated carbocycles. The van der Waals surface area contributed by atoms with E-state index in [1.54, 1.807) is 0 Å². The Morgan fingerprint density at radius 3 is 2.18 bits per heavy atom. The molecular formula is C14H21ClO2. The highest BCUT2D eigenvalue weighted by Crippen LogP contribution is 2.33. The van der Waals surface area contributed by atoms with Gasteiger partial charge in [0, 0.05) is 5.38 Å². The molecule has 0 N–H and O–H groups in total. The van der Waals surface area contributed by atoms with Crippen molar-refractivity contribution < 1.29 is 9.47 Å². The SMILES string of the molecule is CCOc1ccc(C(C)C(C)Cl)cc1OCC. The monoisotopic (exact) mass is 256 g/mol. The van der Waals surface area contributed by atoms with Gasteiger partial charge in [-0.3, -0.25) is 0 Å². The Labute approximate surface area is 109 Å². The number of alkyl halides is 1. The Bertz CT molecular complexity index is 350. The second kappa shape index (κ2) is 6.75. The molecule has 0 aliphatic heterocycles. The van der Waals surface area contributed by atoms with E-state index in [0.29, 0.717) is 19.1 Å². The van der Waals surface area contributed by atoms with E-state index < -0.39 is 0 Å². The van der Waals surface area contributed by atoms with E-state index in [4.69, 9.17) is 21.1 Å². The molecule has 0 heterocycles. The highest BCUT2D eigenvalue weighted by atomic mass is 35.5. The van der Waals surface area contributed by atoms with E-state index in [1.165, 1.54) is 5.56 Å². The van der Waals surface area contributed by atoms with Crippen LogP contribution >= 0.6 is 11.6 Å². The summed E-state index contributed by atoms with van der Waals surface area (Å²) >= 11 is 6.12. The summed E-state index contributed by atoms with van der Waals surface area (Å²) in [5, 5.41) is 0.0995. The largest absolute Gasteiger partial charge is 0.490 e. The summed E-state index contributed by atoms with van der Waals surface area (Å²) in [7, 11) is 0. The van der Waals surface area contributed by atoms with Gasteiger partial charge in [-0.25, -0.2) is 0 Å². The Kier molecular flexibility index (Phi) is 5.63. The quantitative estimate of drug-likeness (QED) is 0.710. The minimum Gasteiger partial charge on any atom is -0.490 e. The zero-order valence-corrected chi connectivity index (χ0v) is 11.8. The standard InChI is InChI=1S/C14H21ClO2/c1-5-16-13-8-7-12(10(3)11(4)15)9-14(13)17-6-2/h7-11H,5-6H2,1-4H3. The number of hydrogen-bond acceptors (Lipinski definition) is 2. The molecule has 2 nitrogen and oxygen atoms in total. The van der Waals surface area contributed by atoms with E-state index in [-0.39, 0.29) is 5.38 Å². The molecule has 3 heteroatoms. The second-order valence-corrected chi connectivity index (χ2v) is 4.73. The molecule has 0 saturated heterocycles. The van der Waals surface area contributed by atoms with Crippen molar-refractivity contribution in [1.29, 1.82) is 0 Å². The van der Waals surface area contributed by atoms with E-state index in [0.717, 1.165) is 11.5 Å². The van der Waals surface area contributed by atoms with E-state index in [2.05, 4.69) is 13.0 Å². The third kappa shape index (κ3) is 3.81. The Morgan fingerprint density at radius 1 is 1.06 bits per heavy atom. The maximum absolute atomic E-state index is 6.12. The second-order valence-electron chi connectivity index (χ2n) is 4.04. The fourth-order valence-corrected chi connectivity index (χ4v) is 1.76. The zero-order chi connectivity index (χ0) is 12.8. The lowest BCUT2D eigenvalue weighted by Crippen LogP contribution is -2.06. The Morgan fingerprint density at radius 2 is 1.65 bits per heavy atom. The molecule has 0 aliphatic carbocycles. The summed E-state index contributed by atoms with van der Waals surface area (Å²) in [5.74, 6) is 1.90. The number of benzene rings is 1. The Balaban J connectivity index is 3.00. The third-order valence-corrected chi connectivity index (χ3v) is 3.16. The van der Waals surface area contributed by atoms with Crippen LogP contribution in [0, 0.1) is 0 Å². The van der Waals surface area contributed by atoms with Gasteiger partial charge in [0.25, 0.3) is 0 Å². The van der Waals surface area contributed by atoms with Crippen LogP contribution in [0.5, 0.6) is 11.5 Å². The van der Waals surface area contributed by atoms with Crippen molar-refractivity contribution in [3.05, 3.63) is 23.8 Å². The molecule has 0 radical (unpaired) electrons. The molecule has 0 fully saturated rings. The van der Waals surface area contributed by atoms with Crippen LogP contribution < -0.4 is 9.47 Å². The normalized spacial score (nSPS) is 14.2. The molecule has 1 aromatic rings.